The molecule has 1 atom stereocenters. The maximum absolute atomic E-state index is 12.5. The summed E-state index contributed by atoms with van der Waals surface area (Å²) in [5, 5.41) is 0.850. The topological polar surface area (TPSA) is 68.7 Å². The number of fused-ring (bicyclic) bond motifs is 1. The Labute approximate surface area is 110 Å². The van der Waals surface area contributed by atoms with E-state index in [1.165, 1.54) is 6.26 Å². The molecule has 5 nitrogen and oxygen atoms in total. The summed E-state index contributed by atoms with van der Waals surface area (Å²) in [6.45, 7) is 2.09. The fourth-order valence-corrected chi connectivity index (χ4v) is 2.36. The van der Waals surface area contributed by atoms with Crippen LogP contribution in [0.4, 0.5) is 0 Å². The van der Waals surface area contributed by atoms with Crippen LogP contribution in [0, 0.1) is 0 Å². The largest absolute Gasteiger partial charge is 0.463 e. The Morgan fingerprint density at radius 1 is 1.42 bits per heavy atom. The van der Waals surface area contributed by atoms with Gasteiger partial charge in [0.25, 0.3) is 5.91 Å². The van der Waals surface area contributed by atoms with Crippen LogP contribution in [0.15, 0.2) is 34.9 Å². The van der Waals surface area contributed by atoms with Crippen LogP contribution in [0.25, 0.3) is 11.0 Å². The zero-order valence-corrected chi connectivity index (χ0v) is 10.5. The number of para-hydroxylation sites is 1. The van der Waals surface area contributed by atoms with Gasteiger partial charge in [0, 0.05) is 25.0 Å². The van der Waals surface area contributed by atoms with Gasteiger partial charge in [-0.15, -0.1) is 0 Å². The van der Waals surface area contributed by atoms with Gasteiger partial charge in [0.15, 0.2) is 0 Å². The lowest BCUT2D eigenvalue weighted by atomic mass is 10.1. The van der Waals surface area contributed by atoms with Crippen LogP contribution in [-0.2, 0) is 4.74 Å². The molecule has 1 aliphatic rings. The maximum Gasteiger partial charge on any atom is 0.257 e. The Hall–Kier alpha value is -1.85. The minimum absolute atomic E-state index is 0.0216. The molecule has 2 aromatic rings. The van der Waals surface area contributed by atoms with Crippen LogP contribution >= 0.6 is 0 Å². The molecule has 2 heterocycles. The first kappa shape index (κ1) is 12.2. The van der Waals surface area contributed by atoms with Gasteiger partial charge in [0.05, 0.1) is 18.3 Å². The summed E-state index contributed by atoms with van der Waals surface area (Å²) in [5.74, 6) is -0.0216. The van der Waals surface area contributed by atoms with Gasteiger partial charge in [0.2, 0.25) is 0 Å². The summed E-state index contributed by atoms with van der Waals surface area (Å²) in [4.78, 5) is 14.3. The quantitative estimate of drug-likeness (QED) is 0.881. The molecule has 0 aliphatic carbocycles. The van der Waals surface area contributed by atoms with Crippen molar-refractivity contribution in [1.29, 1.82) is 0 Å². The summed E-state index contributed by atoms with van der Waals surface area (Å²) in [6.07, 6.45) is 1.45. The van der Waals surface area contributed by atoms with Crippen molar-refractivity contribution < 1.29 is 13.9 Å². The fourth-order valence-electron chi connectivity index (χ4n) is 2.36. The van der Waals surface area contributed by atoms with Crippen molar-refractivity contribution in [2.75, 3.05) is 26.2 Å². The maximum atomic E-state index is 12.5. The molecule has 0 bridgehead atoms. The highest BCUT2D eigenvalue weighted by atomic mass is 16.5. The predicted octanol–water partition coefficient (Wildman–Crippen LogP) is 1.23. The van der Waals surface area contributed by atoms with E-state index in [0.717, 1.165) is 11.0 Å². The van der Waals surface area contributed by atoms with Crippen molar-refractivity contribution in [3.8, 4) is 0 Å². The van der Waals surface area contributed by atoms with Crippen LogP contribution in [0.3, 0.4) is 0 Å². The molecule has 1 aliphatic heterocycles. The first-order valence-electron chi connectivity index (χ1n) is 6.37. The van der Waals surface area contributed by atoms with Crippen LogP contribution in [0.1, 0.15) is 10.4 Å². The van der Waals surface area contributed by atoms with Gasteiger partial charge in [-0.25, -0.2) is 0 Å². The number of hydrogen-bond donors (Lipinski definition) is 1. The van der Waals surface area contributed by atoms with Gasteiger partial charge in [-0.05, 0) is 6.07 Å². The predicted molar refractivity (Wildman–Crippen MR) is 70.9 cm³/mol. The van der Waals surface area contributed by atoms with Crippen molar-refractivity contribution in [3.05, 3.63) is 36.1 Å². The lowest BCUT2D eigenvalue weighted by Gasteiger charge is -2.32. The van der Waals surface area contributed by atoms with E-state index in [-0.39, 0.29) is 12.0 Å². The SMILES string of the molecule is NC[C@H]1CN(C(=O)c2coc3ccccc23)CCO1. The molecule has 0 radical (unpaired) electrons. The first-order chi connectivity index (χ1) is 9.29. The number of carbonyl (C=O) groups excluding carboxylic acids is 1. The number of hydrogen-bond acceptors (Lipinski definition) is 4. The highest BCUT2D eigenvalue weighted by Crippen LogP contribution is 2.22. The van der Waals surface area contributed by atoms with Crippen molar-refractivity contribution in [1.82, 2.24) is 4.90 Å². The second-order valence-corrected chi connectivity index (χ2v) is 4.63. The third-order valence-electron chi connectivity index (χ3n) is 3.40. The smallest absolute Gasteiger partial charge is 0.257 e. The Morgan fingerprint density at radius 3 is 3.11 bits per heavy atom. The van der Waals surface area contributed by atoms with Gasteiger partial charge < -0.3 is 19.8 Å². The lowest BCUT2D eigenvalue weighted by Crippen LogP contribution is -2.48. The van der Waals surface area contributed by atoms with Crippen LogP contribution in [0.5, 0.6) is 0 Å². The Bertz CT molecular complexity index is 593. The van der Waals surface area contributed by atoms with Gasteiger partial charge in [-0.1, -0.05) is 18.2 Å². The van der Waals surface area contributed by atoms with Crippen LogP contribution in [0.2, 0.25) is 0 Å². The highest BCUT2D eigenvalue weighted by Gasteiger charge is 2.26. The molecule has 100 valence electrons. The van der Waals surface area contributed by atoms with Gasteiger partial charge in [-0.3, -0.25) is 4.79 Å². The monoisotopic (exact) mass is 260 g/mol. The Kier molecular flexibility index (Phi) is 3.23. The number of ether oxygens (including phenoxy) is 1. The van der Waals surface area contributed by atoms with E-state index in [4.69, 9.17) is 14.9 Å². The summed E-state index contributed by atoms with van der Waals surface area (Å²) >= 11 is 0. The van der Waals surface area contributed by atoms with Crippen LogP contribution in [-0.4, -0.2) is 43.2 Å². The molecule has 0 unspecified atom stereocenters. The average molecular weight is 260 g/mol. The second kappa shape index (κ2) is 5.03. The van der Waals surface area contributed by atoms with Crippen molar-refractivity contribution in [2.24, 2.45) is 5.73 Å². The molecule has 3 rings (SSSR count). The summed E-state index contributed by atoms with van der Waals surface area (Å²) in [7, 11) is 0. The third-order valence-corrected chi connectivity index (χ3v) is 3.40. The molecule has 1 aromatic heterocycles. The zero-order valence-electron chi connectivity index (χ0n) is 10.5. The molecule has 0 spiro atoms. The van der Waals surface area contributed by atoms with Crippen molar-refractivity contribution in [3.63, 3.8) is 0 Å². The van der Waals surface area contributed by atoms with Crippen molar-refractivity contribution in [2.45, 2.75) is 6.10 Å². The number of furan rings is 1. The molecule has 2 N–H and O–H groups in total. The van der Waals surface area contributed by atoms with E-state index in [0.29, 0.717) is 31.8 Å². The molecular formula is C14H16N2O3. The molecular weight excluding hydrogens is 244 g/mol. The number of nitrogens with zero attached hydrogens (tertiary/aromatic N) is 1. The highest BCUT2D eigenvalue weighted by molar-refractivity contribution is 6.05. The Balaban J connectivity index is 1.87. The zero-order chi connectivity index (χ0) is 13.2. The molecule has 1 fully saturated rings. The molecule has 1 amide bonds. The van der Waals surface area contributed by atoms with E-state index in [2.05, 4.69) is 0 Å². The van der Waals surface area contributed by atoms with Gasteiger partial charge >= 0.3 is 0 Å². The average Bonchev–Trinajstić information content (AvgIpc) is 2.90. The van der Waals surface area contributed by atoms with Gasteiger partial charge in [0.1, 0.15) is 11.8 Å². The minimum Gasteiger partial charge on any atom is -0.463 e. The minimum atomic E-state index is -0.0733. The van der Waals surface area contributed by atoms with Crippen LogP contribution < -0.4 is 5.73 Å². The normalized spacial score (nSPS) is 19.8. The van der Waals surface area contributed by atoms with E-state index in [1.807, 2.05) is 24.3 Å². The third kappa shape index (κ3) is 2.22. The number of benzene rings is 1. The number of nitrogens with two attached hydrogens (primary N) is 1. The Morgan fingerprint density at radius 2 is 2.26 bits per heavy atom. The molecule has 5 heteroatoms. The number of carbonyl (C=O) groups is 1. The van der Waals surface area contributed by atoms with E-state index < -0.39 is 0 Å². The number of morpholine rings is 1. The molecule has 1 saturated heterocycles. The number of rotatable bonds is 2. The standard InChI is InChI=1S/C14H16N2O3/c15-7-10-8-16(5-6-18-10)14(17)12-9-19-13-4-2-1-3-11(12)13/h1-4,9-10H,5-8,15H2/t10-/m0/s1. The second-order valence-electron chi connectivity index (χ2n) is 4.63. The van der Waals surface area contributed by atoms with E-state index >= 15 is 0 Å². The molecule has 1 aromatic carbocycles. The van der Waals surface area contributed by atoms with E-state index in [9.17, 15) is 4.79 Å². The molecule has 0 saturated carbocycles. The fraction of sp³-hybridized carbons (Fsp3) is 0.357. The first-order valence-corrected chi connectivity index (χ1v) is 6.37. The summed E-state index contributed by atoms with van der Waals surface area (Å²) in [5.41, 5.74) is 6.93. The molecule has 19 heavy (non-hydrogen) atoms. The summed E-state index contributed by atoms with van der Waals surface area (Å²) < 4.78 is 10.9. The lowest BCUT2D eigenvalue weighted by molar-refractivity contribution is -0.0167. The van der Waals surface area contributed by atoms with Gasteiger partial charge in [-0.2, -0.15) is 0 Å². The van der Waals surface area contributed by atoms with Crippen molar-refractivity contribution >= 4 is 16.9 Å². The number of amides is 1. The summed E-state index contributed by atoms with van der Waals surface area (Å²) in [6, 6.07) is 7.54. The van der Waals surface area contributed by atoms with E-state index in [1.54, 1.807) is 4.90 Å².